The second kappa shape index (κ2) is 12.8. The molecule has 8 heteroatoms. The number of aliphatic hydroxyl groups is 1. The number of nitrogens with two attached hydrogens (primary N) is 1. The maximum Gasteiger partial charge on any atom is 0.407 e. The number of rotatable bonds is 11. The number of primary amides is 1. The Morgan fingerprint density at radius 2 is 1.68 bits per heavy atom. The first-order valence-corrected chi connectivity index (χ1v) is 9.87. The van der Waals surface area contributed by atoms with Crippen LogP contribution >= 0.6 is 0 Å². The van der Waals surface area contributed by atoms with Gasteiger partial charge in [0.25, 0.3) is 0 Å². The van der Waals surface area contributed by atoms with Crippen LogP contribution < -0.4 is 16.4 Å². The second-order valence-electron chi connectivity index (χ2n) is 6.87. The highest BCUT2D eigenvalue weighted by molar-refractivity contribution is 5.87. The summed E-state index contributed by atoms with van der Waals surface area (Å²) in [6.45, 7) is -0.0732. The number of carbonyl (C=O) groups is 3. The second-order valence-corrected chi connectivity index (χ2v) is 6.87. The fraction of sp³-hybridized carbons (Fsp3) is 0.261. The van der Waals surface area contributed by atoms with Crippen molar-refractivity contribution >= 4 is 24.0 Å². The van der Waals surface area contributed by atoms with Gasteiger partial charge in [-0.3, -0.25) is 9.59 Å². The van der Waals surface area contributed by atoms with Gasteiger partial charge in [0, 0.05) is 6.54 Å². The van der Waals surface area contributed by atoms with Crippen LogP contribution in [0.3, 0.4) is 0 Å². The highest BCUT2D eigenvalue weighted by Gasteiger charge is 2.19. The molecule has 0 aromatic heterocycles. The standard InChI is InChI=1S/C23H27N3O5/c24-22(29)20(13-7-12-17-8-3-1-4-9-17)26-21(28)14-19(27)15-25-23(30)31-16-18-10-5-2-6-11-18/h1-12,19-20,27H,13-16H2,(H2,24,29)(H,25,30)(H,26,28)/b12-7+/t19-,20-/m0/s1. The Hall–Kier alpha value is -3.65. The Kier molecular flexibility index (Phi) is 9.77. The van der Waals surface area contributed by atoms with Crippen molar-refractivity contribution in [3.8, 4) is 0 Å². The van der Waals surface area contributed by atoms with Gasteiger partial charge < -0.3 is 26.2 Å². The van der Waals surface area contributed by atoms with Crippen LogP contribution in [0.1, 0.15) is 24.0 Å². The van der Waals surface area contributed by atoms with E-state index in [0.29, 0.717) is 0 Å². The van der Waals surface area contributed by atoms with Crippen LogP contribution in [0.15, 0.2) is 66.7 Å². The lowest BCUT2D eigenvalue weighted by Gasteiger charge is -2.16. The third-order valence-corrected chi connectivity index (χ3v) is 4.28. The molecule has 0 saturated heterocycles. The van der Waals surface area contributed by atoms with Gasteiger partial charge in [0.05, 0.1) is 12.5 Å². The molecule has 0 spiro atoms. The first kappa shape index (κ1) is 23.6. The minimum Gasteiger partial charge on any atom is -0.445 e. The Morgan fingerprint density at radius 3 is 2.32 bits per heavy atom. The lowest BCUT2D eigenvalue weighted by Crippen LogP contribution is -2.45. The van der Waals surface area contributed by atoms with E-state index in [4.69, 9.17) is 10.5 Å². The number of aliphatic hydroxyl groups excluding tert-OH is 1. The van der Waals surface area contributed by atoms with E-state index in [1.807, 2.05) is 66.7 Å². The number of benzene rings is 2. The van der Waals surface area contributed by atoms with Gasteiger partial charge >= 0.3 is 6.09 Å². The summed E-state index contributed by atoms with van der Waals surface area (Å²) in [6.07, 6.45) is 1.64. The van der Waals surface area contributed by atoms with Crippen LogP contribution in [-0.2, 0) is 20.9 Å². The summed E-state index contributed by atoms with van der Waals surface area (Å²) in [7, 11) is 0. The minimum atomic E-state index is -1.14. The Bertz CT molecular complexity index is 871. The molecule has 0 heterocycles. The summed E-state index contributed by atoms with van der Waals surface area (Å²) in [4.78, 5) is 35.4. The topological polar surface area (TPSA) is 131 Å². The summed E-state index contributed by atoms with van der Waals surface area (Å²) < 4.78 is 5.03. The number of carbonyl (C=O) groups excluding carboxylic acids is 3. The molecule has 0 aliphatic heterocycles. The maximum atomic E-state index is 12.1. The van der Waals surface area contributed by atoms with E-state index in [0.717, 1.165) is 11.1 Å². The summed E-state index contributed by atoms with van der Waals surface area (Å²) in [5, 5.41) is 14.9. The number of hydrogen-bond acceptors (Lipinski definition) is 5. The predicted octanol–water partition coefficient (Wildman–Crippen LogP) is 1.74. The van der Waals surface area contributed by atoms with Crippen molar-refractivity contribution in [2.24, 2.45) is 5.73 Å². The predicted molar refractivity (Wildman–Crippen MR) is 116 cm³/mol. The smallest absolute Gasteiger partial charge is 0.407 e. The van der Waals surface area contributed by atoms with Crippen LogP contribution in [0, 0.1) is 0 Å². The van der Waals surface area contributed by atoms with E-state index in [9.17, 15) is 19.5 Å². The number of ether oxygens (including phenoxy) is 1. The zero-order chi connectivity index (χ0) is 22.5. The Labute approximate surface area is 181 Å². The van der Waals surface area contributed by atoms with Crippen molar-refractivity contribution < 1.29 is 24.2 Å². The molecule has 0 aliphatic rings. The molecule has 2 aromatic rings. The van der Waals surface area contributed by atoms with E-state index in [1.165, 1.54) is 0 Å². The van der Waals surface area contributed by atoms with Gasteiger partial charge in [0.1, 0.15) is 12.6 Å². The van der Waals surface area contributed by atoms with Gasteiger partial charge in [-0.2, -0.15) is 0 Å². The summed E-state index contributed by atoms with van der Waals surface area (Å²) in [5.41, 5.74) is 7.14. The average Bonchev–Trinajstić information content (AvgIpc) is 2.77. The molecule has 2 rings (SSSR count). The Balaban J connectivity index is 1.70. The highest BCUT2D eigenvalue weighted by atomic mass is 16.5. The SMILES string of the molecule is NC(=O)[C@H](C/C=C/c1ccccc1)NC(=O)C[C@H](O)CNC(=O)OCc1ccccc1. The molecule has 2 aromatic carbocycles. The third kappa shape index (κ3) is 9.60. The molecule has 0 saturated carbocycles. The summed E-state index contributed by atoms with van der Waals surface area (Å²) in [6, 6.07) is 17.7. The first-order chi connectivity index (χ1) is 14.9. The molecule has 2 atom stereocenters. The highest BCUT2D eigenvalue weighted by Crippen LogP contribution is 2.04. The van der Waals surface area contributed by atoms with Crippen LogP contribution in [0.2, 0.25) is 0 Å². The lowest BCUT2D eigenvalue weighted by molar-refractivity contribution is -0.128. The quantitative estimate of drug-likeness (QED) is 0.436. The molecule has 164 valence electrons. The zero-order valence-electron chi connectivity index (χ0n) is 17.1. The van der Waals surface area contributed by atoms with Crippen molar-refractivity contribution in [3.05, 3.63) is 77.9 Å². The van der Waals surface area contributed by atoms with Crippen molar-refractivity contribution in [1.82, 2.24) is 10.6 Å². The fourth-order valence-electron chi connectivity index (χ4n) is 2.67. The number of alkyl carbamates (subject to hydrolysis) is 1. The van der Waals surface area contributed by atoms with Crippen LogP contribution in [0.25, 0.3) is 6.08 Å². The van der Waals surface area contributed by atoms with E-state index in [1.54, 1.807) is 6.08 Å². The van der Waals surface area contributed by atoms with Gasteiger partial charge in [-0.15, -0.1) is 0 Å². The number of hydrogen-bond donors (Lipinski definition) is 4. The first-order valence-electron chi connectivity index (χ1n) is 9.87. The molecule has 8 nitrogen and oxygen atoms in total. The third-order valence-electron chi connectivity index (χ3n) is 4.28. The van der Waals surface area contributed by atoms with Crippen LogP contribution in [0.5, 0.6) is 0 Å². The normalized spacial score (nSPS) is 12.7. The van der Waals surface area contributed by atoms with Crippen LogP contribution in [0.4, 0.5) is 4.79 Å². The molecule has 0 bridgehead atoms. The summed E-state index contributed by atoms with van der Waals surface area (Å²) in [5.74, 6) is -1.23. The molecule has 0 fully saturated rings. The molecule has 3 amide bonds. The van der Waals surface area contributed by atoms with Gasteiger partial charge in [0.15, 0.2) is 0 Å². The van der Waals surface area contributed by atoms with Crippen LogP contribution in [-0.4, -0.2) is 41.7 Å². The molecule has 0 unspecified atom stereocenters. The minimum absolute atomic E-state index is 0.0973. The summed E-state index contributed by atoms with van der Waals surface area (Å²) >= 11 is 0. The van der Waals surface area contributed by atoms with Gasteiger partial charge in [0.2, 0.25) is 11.8 Å². The zero-order valence-corrected chi connectivity index (χ0v) is 17.1. The molecular formula is C23H27N3O5. The number of nitrogens with one attached hydrogen (secondary N) is 2. The Morgan fingerprint density at radius 1 is 1.03 bits per heavy atom. The van der Waals surface area contributed by atoms with Crippen molar-refractivity contribution in [2.45, 2.75) is 31.6 Å². The van der Waals surface area contributed by atoms with E-state index >= 15 is 0 Å². The van der Waals surface area contributed by atoms with Crippen molar-refractivity contribution in [3.63, 3.8) is 0 Å². The van der Waals surface area contributed by atoms with Gasteiger partial charge in [-0.05, 0) is 17.5 Å². The molecule has 0 aliphatic carbocycles. The maximum absolute atomic E-state index is 12.1. The van der Waals surface area contributed by atoms with E-state index < -0.39 is 30.1 Å². The fourth-order valence-corrected chi connectivity index (χ4v) is 2.67. The van der Waals surface area contributed by atoms with Crippen molar-refractivity contribution in [2.75, 3.05) is 6.54 Å². The van der Waals surface area contributed by atoms with E-state index in [-0.39, 0.29) is 26.0 Å². The largest absolute Gasteiger partial charge is 0.445 e. The molecule has 31 heavy (non-hydrogen) atoms. The molecule has 5 N–H and O–H groups in total. The number of amides is 3. The lowest BCUT2D eigenvalue weighted by atomic mass is 10.1. The monoisotopic (exact) mass is 425 g/mol. The average molecular weight is 425 g/mol. The molecular weight excluding hydrogens is 398 g/mol. The van der Waals surface area contributed by atoms with E-state index in [2.05, 4.69) is 10.6 Å². The van der Waals surface area contributed by atoms with Gasteiger partial charge in [-0.25, -0.2) is 4.79 Å². The molecule has 0 radical (unpaired) electrons. The van der Waals surface area contributed by atoms with Crippen molar-refractivity contribution in [1.29, 1.82) is 0 Å². The van der Waals surface area contributed by atoms with Gasteiger partial charge in [-0.1, -0.05) is 72.8 Å².